The van der Waals surface area contributed by atoms with Crippen molar-refractivity contribution in [1.82, 2.24) is 5.32 Å². The summed E-state index contributed by atoms with van der Waals surface area (Å²) in [6.45, 7) is 13.6. The second-order valence-electron chi connectivity index (χ2n) is 1.53. The van der Waals surface area contributed by atoms with Gasteiger partial charge in [-0.1, -0.05) is 6.58 Å². The second kappa shape index (κ2) is 24.0. The van der Waals surface area contributed by atoms with Crippen LogP contribution in [0.15, 0.2) is 25.9 Å². The molecule has 2 heteroatoms. The molecule has 0 radical (unpaired) electrons. The van der Waals surface area contributed by atoms with Crippen LogP contribution in [0, 0.1) is 0 Å². The van der Waals surface area contributed by atoms with Crippen LogP contribution in [-0.4, -0.2) is 13.1 Å². The third-order valence-corrected chi connectivity index (χ3v) is 0.451. The molecule has 0 bridgehead atoms. The predicted molar refractivity (Wildman–Crippen MR) is 49.8 cm³/mol. The average Bonchev–Trinajstić information content (AvgIpc) is 1.96. The maximum Gasteiger partial charge on any atom is 0.0199 e. The summed E-state index contributed by atoms with van der Waals surface area (Å²) < 4.78 is 0. The second-order valence-corrected chi connectivity index (χ2v) is 1.53. The molecule has 0 saturated heterocycles. The minimum absolute atomic E-state index is 0.530. The third kappa shape index (κ3) is 56.2. The number of hydrogen-bond donors (Lipinski definition) is 2. The Morgan fingerprint density at radius 1 is 1.30 bits per heavy atom. The Morgan fingerprint density at radius 2 is 1.60 bits per heavy atom. The van der Waals surface area contributed by atoms with E-state index in [1.165, 1.54) is 7.05 Å². The lowest BCUT2D eigenvalue weighted by atomic mass is 10.4. The Kier molecular flexibility index (Phi) is 38.7. The molecule has 0 aromatic heterocycles. The van der Waals surface area contributed by atoms with E-state index in [1.54, 1.807) is 6.20 Å². The Hall–Kier alpha value is -0.760. The van der Waals surface area contributed by atoms with E-state index >= 15 is 0 Å². The molecule has 0 aliphatic rings. The highest BCUT2D eigenvalue weighted by Crippen LogP contribution is 1.71. The van der Waals surface area contributed by atoms with Crippen molar-refractivity contribution in [1.29, 1.82) is 0 Å². The molecule has 0 fully saturated rings. The van der Waals surface area contributed by atoms with Crippen LogP contribution in [-0.2, 0) is 0 Å². The minimum atomic E-state index is 0.530. The molecule has 0 aliphatic carbocycles. The van der Waals surface area contributed by atoms with E-state index < -0.39 is 0 Å². The molecular weight excluding hydrogens is 124 g/mol. The summed E-state index contributed by atoms with van der Waals surface area (Å²) in [4.78, 5) is 0. The number of nitrogens with two attached hydrogens (primary N) is 1. The van der Waals surface area contributed by atoms with Crippen molar-refractivity contribution >= 4 is 0 Å². The summed E-state index contributed by atoms with van der Waals surface area (Å²) in [5, 5.41) is 2.97. The van der Waals surface area contributed by atoms with Crippen LogP contribution in [0.3, 0.4) is 0 Å². The molecule has 0 spiro atoms. The summed E-state index contributed by atoms with van der Waals surface area (Å²) >= 11 is 0. The Labute approximate surface area is 64.8 Å². The fourth-order valence-corrected chi connectivity index (χ4v) is 0.236. The van der Waals surface area contributed by atoms with Gasteiger partial charge >= 0.3 is 0 Å². The van der Waals surface area contributed by atoms with Gasteiger partial charge in [0.05, 0.1) is 0 Å². The van der Waals surface area contributed by atoms with Gasteiger partial charge in [0.15, 0.2) is 0 Å². The quantitative estimate of drug-likeness (QED) is 0.576. The first-order valence-electron chi connectivity index (χ1n) is 3.22. The van der Waals surface area contributed by atoms with E-state index in [0.717, 1.165) is 0 Å². The number of nitrogens with one attached hydrogen (secondary N) is 1. The van der Waals surface area contributed by atoms with E-state index in [4.69, 9.17) is 0 Å². The molecule has 0 aromatic carbocycles. The van der Waals surface area contributed by atoms with Gasteiger partial charge in [0, 0.05) is 6.04 Å². The van der Waals surface area contributed by atoms with Crippen molar-refractivity contribution in [3.63, 3.8) is 0 Å². The van der Waals surface area contributed by atoms with Crippen molar-refractivity contribution in [2.45, 2.75) is 19.9 Å². The first kappa shape index (κ1) is 16.1. The molecule has 0 atom stereocenters. The van der Waals surface area contributed by atoms with Gasteiger partial charge < -0.3 is 11.1 Å². The average molecular weight is 144 g/mol. The SMILES string of the molecule is C=C.C=CNC(C)C.CN. The van der Waals surface area contributed by atoms with Crippen LogP contribution in [0.1, 0.15) is 13.8 Å². The van der Waals surface area contributed by atoms with Crippen molar-refractivity contribution in [2.75, 3.05) is 7.05 Å². The van der Waals surface area contributed by atoms with Gasteiger partial charge in [-0.15, -0.1) is 13.2 Å². The van der Waals surface area contributed by atoms with E-state index in [-0.39, 0.29) is 0 Å². The highest BCUT2D eigenvalue weighted by atomic mass is 14.9. The monoisotopic (exact) mass is 144 g/mol. The molecule has 3 N–H and O–H groups in total. The van der Waals surface area contributed by atoms with Crippen LogP contribution >= 0.6 is 0 Å². The van der Waals surface area contributed by atoms with Gasteiger partial charge in [-0.25, -0.2) is 0 Å². The first-order valence-corrected chi connectivity index (χ1v) is 3.22. The van der Waals surface area contributed by atoms with Crippen molar-refractivity contribution in [2.24, 2.45) is 5.73 Å². The van der Waals surface area contributed by atoms with Crippen LogP contribution in [0.4, 0.5) is 0 Å². The van der Waals surface area contributed by atoms with E-state index in [1.807, 2.05) is 0 Å². The molecule has 0 saturated carbocycles. The van der Waals surface area contributed by atoms with Gasteiger partial charge in [-0.3, -0.25) is 0 Å². The summed E-state index contributed by atoms with van der Waals surface area (Å²) in [6, 6.07) is 0.530. The molecule has 0 unspecified atom stereocenters. The van der Waals surface area contributed by atoms with Crippen LogP contribution in [0.25, 0.3) is 0 Å². The molecule has 0 aromatic rings. The van der Waals surface area contributed by atoms with E-state index in [0.29, 0.717) is 6.04 Å². The standard InChI is InChI=1S/C5H11N.C2H4.CH5N/c1-4-6-5(2)3;2*1-2/h4-6H,1H2,2-3H3;1-2H2;2H2,1H3. The summed E-state index contributed by atoms with van der Waals surface area (Å²) in [6.07, 6.45) is 1.70. The minimum Gasteiger partial charge on any atom is -0.389 e. The van der Waals surface area contributed by atoms with Gasteiger partial charge in [0.1, 0.15) is 0 Å². The van der Waals surface area contributed by atoms with Crippen molar-refractivity contribution < 1.29 is 0 Å². The van der Waals surface area contributed by atoms with Crippen molar-refractivity contribution in [3.8, 4) is 0 Å². The number of hydrogen-bond acceptors (Lipinski definition) is 2. The predicted octanol–water partition coefficient (Wildman–Crippen LogP) is 1.50. The van der Waals surface area contributed by atoms with Crippen LogP contribution in [0.5, 0.6) is 0 Å². The lowest BCUT2D eigenvalue weighted by molar-refractivity contribution is 0.704. The zero-order chi connectivity index (χ0) is 8.99. The third-order valence-electron chi connectivity index (χ3n) is 0.451. The lowest BCUT2D eigenvalue weighted by Gasteiger charge is -1.99. The molecule has 0 heterocycles. The molecule has 62 valence electrons. The molecule has 0 rings (SSSR count). The van der Waals surface area contributed by atoms with Gasteiger partial charge in [-0.2, -0.15) is 0 Å². The zero-order valence-electron chi connectivity index (χ0n) is 7.35. The molecule has 2 nitrogen and oxygen atoms in total. The maximum atomic E-state index is 4.50. The largest absolute Gasteiger partial charge is 0.389 e. The fourth-order valence-electron chi connectivity index (χ4n) is 0.236. The normalized spacial score (nSPS) is 6.10. The van der Waals surface area contributed by atoms with Gasteiger partial charge in [0.2, 0.25) is 0 Å². The number of rotatable bonds is 2. The Bertz CT molecular complexity index is 51.2. The fraction of sp³-hybridized carbons (Fsp3) is 0.500. The topological polar surface area (TPSA) is 38.0 Å². The van der Waals surface area contributed by atoms with Gasteiger partial charge in [0.25, 0.3) is 0 Å². The molecule has 0 aliphatic heterocycles. The first-order chi connectivity index (χ1) is 4.77. The van der Waals surface area contributed by atoms with Crippen molar-refractivity contribution in [3.05, 3.63) is 25.9 Å². The lowest BCUT2D eigenvalue weighted by Crippen LogP contribution is -2.14. The summed E-state index contributed by atoms with van der Waals surface area (Å²) in [5.74, 6) is 0. The van der Waals surface area contributed by atoms with E-state index in [2.05, 4.69) is 44.6 Å². The van der Waals surface area contributed by atoms with Crippen LogP contribution in [0.2, 0.25) is 0 Å². The molecular formula is C8H20N2. The molecule has 0 amide bonds. The molecule has 10 heavy (non-hydrogen) atoms. The van der Waals surface area contributed by atoms with E-state index in [9.17, 15) is 0 Å². The highest BCUT2D eigenvalue weighted by molar-refractivity contribution is 4.65. The highest BCUT2D eigenvalue weighted by Gasteiger charge is 1.78. The summed E-state index contributed by atoms with van der Waals surface area (Å²) in [7, 11) is 1.50. The smallest absolute Gasteiger partial charge is 0.0199 e. The van der Waals surface area contributed by atoms with Gasteiger partial charge in [-0.05, 0) is 27.1 Å². The zero-order valence-corrected chi connectivity index (χ0v) is 7.35. The van der Waals surface area contributed by atoms with Crippen LogP contribution < -0.4 is 11.1 Å². The Morgan fingerprint density at radius 3 is 1.60 bits per heavy atom. The summed E-state index contributed by atoms with van der Waals surface area (Å²) in [5.41, 5.74) is 4.50. The maximum absolute atomic E-state index is 4.50. The Balaban J connectivity index is -0.000000105.